The highest BCUT2D eigenvalue weighted by Gasteiger charge is 2.37. The summed E-state index contributed by atoms with van der Waals surface area (Å²) in [6.45, 7) is 8.25. The smallest absolute Gasteiger partial charge is 0.240 e. The lowest BCUT2D eigenvalue weighted by Crippen LogP contribution is -2.54. The lowest BCUT2D eigenvalue weighted by molar-refractivity contribution is -0.148. The first-order valence-corrected chi connectivity index (χ1v) is 7.17. The number of Topliss-reactive ketones (excluding diaryl/α,β-unsaturated/α-hetero) is 1. The van der Waals surface area contributed by atoms with E-state index in [9.17, 15) is 9.59 Å². The van der Waals surface area contributed by atoms with Crippen molar-refractivity contribution in [3.05, 3.63) is 0 Å². The van der Waals surface area contributed by atoms with E-state index in [1.165, 1.54) is 6.92 Å². The fourth-order valence-corrected chi connectivity index (χ4v) is 2.98. The molecule has 0 aromatic rings. The molecule has 2 fully saturated rings. The van der Waals surface area contributed by atoms with Gasteiger partial charge in [0.25, 0.3) is 0 Å². The predicted molar refractivity (Wildman–Crippen MR) is 71.9 cm³/mol. The molecule has 2 rings (SSSR count). The van der Waals surface area contributed by atoms with Gasteiger partial charge >= 0.3 is 0 Å². The molecule has 108 valence electrons. The van der Waals surface area contributed by atoms with Crippen molar-refractivity contribution >= 4 is 11.7 Å². The van der Waals surface area contributed by atoms with Crippen LogP contribution in [0.2, 0.25) is 0 Å². The molecule has 19 heavy (non-hydrogen) atoms. The van der Waals surface area contributed by atoms with E-state index < -0.39 is 6.10 Å². The van der Waals surface area contributed by atoms with Gasteiger partial charge in [-0.2, -0.15) is 0 Å². The number of carbonyl (C=O) groups excluding carboxylic acids is 2. The van der Waals surface area contributed by atoms with Gasteiger partial charge < -0.3 is 9.64 Å². The van der Waals surface area contributed by atoms with Crippen molar-refractivity contribution in [2.24, 2.45) is 0 Å². The third kappa shape index (κ3) is 3.15. The van der Waals surface area contributed by atoms with Gasteiger partial charge in [-0.25, -0.2) is 0 Å². The maximum Gasteiger partial charge on any atom is 0.240 e. The molecule has 0 saturated carbocycles. The van der Waals surface area contributed by atoms with E-state index >= 15 is 0 Å². The van der Waals surface area contributed by atoms with E-state index in [1.54, 1.807) is 4.90 Å². The molecule has 2 aliphatic rings. The number of ether oxygens (including phenoxy) is 1. The number of hydrogen-bond acceptors (Lipinski definition) is 4. The first-order chi connectivity index (χ1) is 9.00. The average Bonchev–Trinajstić information content (AvgIpc) is 2.87. The van der Waals surface area contributed by atoms with Crippen LogP contribution in [-0.4, -0.2) is 65.9 Å². The van der Waals surface area contributed by atoms with Crippen LogP contribution in [0, 0.1) is 0 Å². The lowest BCUT2D eigenvalue weighted by atomic mass is 10.1. The molecule has 2 heterocycles. The van der Waals surface area contributed by atoms with Gasteiger partial charge in [0.05, 0.1) is 19.2 Å². The molecular weight excluding hydrogens is 244 g/mol. The van der Waals surface area contributed by atoms with Gasteiger partial charge in [-0.1, -0.05) is 0 Å². The van der Waals surface area contributed by atoms with Crippen LogP contribution in [0.3, 0.4) is 0 Å². The molecule has 0 N–H and O–H groups in total. The predicted octanol–water partition coefficient (Wildman–Crippen LogP) is 0.676. The Bertz CT molecular complexity index is 357. The Morgan fingerprint density at radius 2 is 2.00 bits per heavy atom. The number of nitrogens with zero attached hydrogens (tertiary/aromatic N) is 2. The van der Waals surface area contributed by atoms with E-state index in [2.05, 4.69) is 18.7 Å². The molecule has 0 aromatic heterocycles. The van der Waals surface area contributed by atoms with Gasteiger partial charge in [0.1, 0.15) is 6.10 Å². The summed E-state index contributed by atoms with van der Waals surface area (Å²) in [5.41, 5.74) is 0. The molecular formula is C14H24N2O3. The third-order valence-electron chi connectivity index (χ3n) is 4.07. The summed E-state index contributed by atoms with van der Waals surface area (Å²) in [4.78, 5) is 28.1. The van der Waals surface area contributed by atoms with Gasteiger partial charge in [-0.3, -0.25) is 14.5 Å². The number of carbonyl (C=O) groups is 2. The van der Waals surface area contributed by atoms with Crippen molar-refractivity contribution in [1.82, 2.24) is 9.80 Å². The molecule has 0 radical (unpaired) electrons. The summed E-state index contributed by atoms with van der Waals surface area (Å²) < 4.78 is 5.40. The molecule has 2 atom stereocenters. The molecule has 1 amide bonds. The van der Waals surface area contributed by atoms with Crippen molar-refractivity contribution < 1.29 is 14.3 Å². The van der Waals surface area contributed by atoms with Crippen LogP contribution in [0.5, 0.6) is 0 Å². The zero-order valence-corrected chi connectivity index (χ0v) is 12.1. The minimum absolute atomic E-state index is 0.00429. The second-order valence-corrected chi connectivity index (χ2v) is 5.74. The van der Waals surface area contributed by atoms with E-state index in [-0.39, 0.29) is 17.7 Å². The Balaban J connectivity index is 2.00. The van der Waals surface area contributed by atoms with Gasteiger partial charge in [0.2, 0.25) is 5.91 Å². The maximum absolute atomic E-state index is 12.6. The summed E-state index contributed by atoms with van der Waals surface area (Å²) in [6, 6.07) is 0.381. The average molecular weight is 268 g/mol. The summed E-state index contributed by atoms with van der Waals surface area (Å²) in [7, 11) is 0. The topological polar surface area (TPSA) is 49.9 Å². The first kappa shape index (κ1) is 14.5. The van der Waals surface area contributed by atoms with Crippen molar-refractivity contribution in [3.8, 4) is 0 Å². The van der Waals surface area contributed by atoms with E-state index in [0.29, 0.717) is 25.7 Å². The minimum atomic E-state index is -0.438. The van der Waals surface area contributed by atoms with Crippen LogP contribution < -0.4 is 0 Å². The van der Waals surface area contributed by atoms with Gasteiger partial charge in [-0.15, -0.1) is 0 Å². The summed E-state index contributed by atoms with van der Waals surface area (Å²) in [5.74, 6) is 0.172. The van der Waals surface area contributed by atoms with Crippen molar-refractivity contribution in [2.45, 2.75) is 51.8 Å². The summed E-state index contributed by atoms with van der Waals surface area (Å²) in [6.07, 6.45) is 1.57. The molecule has 5 heteroatoms. The lowest BCUT2D eigenvalue weighted by Gasteiger charge is -2.36. The Hall–Kier alpha value is -0.940. The SMILES string of the molecule is CC(=O)C1CN(C(=O)[C@@H]2CCCN2C(C)C)CCO1. The Kier molecular flexibility index (Phi) is 4.58. The van der Waals surface area contributed by atoms with Crippen LogP contribution in [0.4, 0.5) is 0 Å². The van der Waals surface area contributed by atoms with E-state index in [4.69, 9.17) is 4.74 Å². The summed E-state index contributed by atoms with van der Waals surface area (Å²) in [5, 5.41) is 0. The second kappa shape index (κ2) is 6.01. The van der Waals surface area contributed by atoms with Gasteiger partial charge in [0.15, 0.2) is 5.78 Å². The molecule has 0 aliphatic carbocycles. The van der Waals surface area contributed by atoms with Crippen LogP contribution >= 0.6 is 0 Å². The number of morpholine rings is 1. The zero-order chi connectivity index (χ0) is 14.0. The normalized spacial score (nSPS) is 28.9. The molecule has 2 saturated heterocycles. The molecule has 0 aromatic carbocycles. The minimum Gasteiger partial charge on any atom is -0.367 e. The molecule has 2 aliphatic heterocycles. The van der Waals surface area contributed by atoms with Crippen LogP contribution in [0.15, 0.2) is 0 Å². The summed E-state index contributed by atoms with van der Waals surface area (Å²) >= 11 is 0. The van der Waals surface area contributed by atoms with Gasteiger partial charge in [0, 0.05) is 12.6 Å². The highest BCUT2D eigenvalue weighted by Crippen LogP contribution is 2.22. The number of hydrogen-bond donors (Lipinski definition) is 0. The Labute approximate surface area is 114 Å². The third-order valence-corrected chi connectivity index (χ3v) is 4.07. The Morgan fingerprint density at radius 3 is 2.63 bits per heavy atom. The molecule has 5 nitrogen and oxygen atoms in total. The fraction of sp³-hybridized carbons (Fsp3) is 0.857. The number of likely N-dealkylation sites (tertiary alicyclic amines) is 1. The molecule has 1 unspecified atom stereocenters. The Morgan fingerprint density at radius 1 is 1.26 bits per heavy atom. The van der Waals surface area contributed by atoms with Gasteiger partial charge in [-0.05, 0) is 40.2 Å². The highest BCUT2D eigenvalue weighted by molar-refractivity contribution is 5.85. The maximum atomic E-state index is 12.6. The van der Waals surface area contributed by atoms with Crippen molar-refractivity contribution in [2.75, 3.05) is 26.2 Å². The number of amides is 1. The largest absolute Gasteiger partial charge is 0.367 e. The van der Waals surface area contributed by atoms with Crippen LogP contribution in [0.25, 0.3) is 0 Å². The molecule has 0 bridgehead atoms. The van der Waals surface area contributed by atoms with Crippen molar-refractivity contribution in [1.29, 1.82) is 0 Å². The first-order valence-electron chi connectivity index (χ1n) is 7.17. The van der Waals surface area contributed by atoms with Crippen LogP contribution in [0.1, 0.15) is 33.6 Å². The second-order valence-electron chi connectivity index (χ2n) is 5.74. The molecule has 0 spiro atoms. The highest BCUT2D eigenvalue weighted by atomic mass is 16.5. The number of rotatable bonds is 3. The van der Waals surface area contributed by atoms with Crippen molar-refractivity contribution in [3.63, 3.8) is 0 Å². The standard InChI is InChI=1S/C14H24N2O3/c1-10(2)16-6-4-5-12(16)14(18)15-7-8-19-13(9-15)11(3)17/h10,12-13H,4-9H2,1-3H3/t12-,13?/m0/s1. The quantitative estimate of drug-likeness (QED) is 0.755. The van der Waals surface area contributed by atoms with E-state index in [0.717, 1.165) is 19.4 Å². The van der Waals surface area contributed by atoms with E-state index in [1.807, 2.05) is 0 Å². The monoisotopic (exact) mass is 268 g/mol. The fourth-order valence-electron chi connectivity index (χ4n) is 2.98. The number of ketones is 1. The zero-order valence-electron chi connectivity index (χ0n) is 12.1. The van der Waals surface area contributed by atoms with Crippen LogP contribution in [-0.2, 0) is 14.3 Å².